The van der Waals surface area contributed by atoms with Crippen molar-refractivity contribution < 1.29 is 22.7 Å². The van der Waals surface area contributed by atoms with Crippen LogP contribution in [0.1, 0.15) is 37.8 Å². The van der Waals surface area contributed by atoms with Crippen molar-refractivity contribution in [3.63, 3.8) is 0 Å². The molecule has 0 aliphatic heterocycles. The first-order valence-corrected chi connectivity index (χ1v) is 13.6. The molecule has 10 heteroatoms. The number of carbonyl (C=O) groups is 2. The van der Waals surface area contributed by atoms with Gasteiger partial charge in [0.15, 0.2) is 0 Å². The summed E-state index contributed by atoms with van der Waals surface area (Å²) in [7, 11) is -2.28. The second kappa shape index (κ2) is 12.8. The lowest BCUT2D eigenvalue weighted by molar-refractivity contribution is -0.139. The first-order chi connectivity index (χ1) is 16.5. The zero-order chi connectivity index (χ0) is 26.2. The molecule has 0 saturated heterocycles. The third kappa shape index (κ3) is 7.86. The quantitative estimate of drug-likeness (QED) is 0.427. The van der Waals surface area contributed by atoms with E-state index in [1.165, 1.54) is 4.90 Å². The van der Waals surface area contributed by atoms with Gasteiger partial charge < -0.3 is 15.0 Å². The number of methoxy groups -OCH3 is 1. The van der Waals surface area contributed by atoms with E-state index < -0.39 is 28.5 Å². The summed E-state index contributed by atoms with van der Waals surface area (Å²) in [6.45, 7) is 5.47. The van der Waals surface area contributed by atoms with E-state index in [0.717, 1.165) is 29.0 Å². The molecule has 2 rings (SSSR count). The topological polar surface area (TPSA) is 96.0 Å². The molecule has 0 aliphatic carbocycles. The molecule has 0 fully saturated rings. The van der Waals surface area contributed by atoms with Gasteiger partial charge >= 0.3 is 0 Å². The Morgan fingerprint density at radius 1 is 1.17 bits per heavy atom. The van der Waals surface area contributed by atoms with Crippen molar-refractivity contribution in [1.82, 2.24) is 10.2 Å². The van der Waals surface area contributed by atoms with Crippen molar-refractivity contribution in [2.24, 2.45) is 0 Å². The van der Waals surface area contributed by atoms with Crippen molar-refractivity contribution in [2.45, 2.75) is 46.2 Å². The number of benzene rings is 2. The highest BCUT2D eigenvalue weighted by molar-refractivity contribution is 7.92. The normalized spacial score (nSPS) is 12.1. The summed E-state index contributed by atoms with van der Waals surface area (Å²) >= 11 is 6.21. The first kappa shape index (κ1) is 28.5. The van der Waals surface area contributed by atoms with Crippen molar-refractivity contribution in [3.05, 3.63) is 58.6 Å². The molecule has 0 unspecified atom stereocenters. The van der Waals surface area contributed by atoms with Crippen LogP contribution in [0.2, 0.25) is 5.02 Å². The van der Waals surface area contributed by atoms with Gasteiger partial charge in [0.1, 0.15) is 18.3 Å². The monoisotopic (exact) mass is 523 g/mol. The van der Waals surface area contributed by atoms with E-state index in [1.807, 2.05) is 13.0 Å². The Kier molecular flexibility index (Phi) is 10.4. The Hall–Kier alpha value is -2.78. The fourth-order valence-electron chi connectivity index (χ4n) is 3.55. The van der Waals surface area contributed by atoms with Gasteiger partial charge in [-0.05, 0) is 55.7 Å². The second-order valence-electron chi connectivity index (χ2n) is 8.35. The lowest BCUT2D eigenvalue weighted by Gasteiger charge is -2.32. The minimum atomic E-state index is -3.83. The van der Waals surface area contributed by atoms with E-state index in [2.05, 4.69) is 5.32 Å². The Labute approximate surface area is 213 Å². The molecule has 35 heavy (non-hydrogen) atoms. The Balaban J connectivity index is 2.41. The number of ether oxygens (including phenoxy) is 1. The van der Waals surface area contributed by atoms with E-state index in [-0.39, 0.29) is 12.5 Å². The number of sulfonamides is 1. The van der Waals surface area contributed by atoms with Gasteiger partial charge in [-0.3, -0.25) is 13.9 Å². The molecule has 0 radical (unpaired) electrons. The third-order valence-electron chi connectivity index (χ3n) is 5.67. The maximum atomic E-state index is 13.6. The predicted octanol–water partition coefficient (Wildman–Crippen LogP) is 3.76. The molecule has 2 aromatic rings. The van der Waals surface area contributed by atoms with Crippen molar-refractivity contribution in [1.29, 1.82) is 0 Å². The number of anilines is 1. The van der Waals surface area contributed by atoms with Crippen molar-refractivity contribution in [2.75, 3.05) is 30.8 Å². The van der Waals surface area contributed by atoms with Gasteiger partial charge in [0.05, 0.1) is 19.1 Å². The molecule has 2 amide bonds. The lowest BCUT2D eigenvalue weighted by atomic mass is 10.1. The van der Waals surface area contributed by atoms with Gasteiger partial charge in [0.2, 0.25) is 21.8 Å². The average molecular weight is 524 g/mol. The molecule has 192 valence electrons. The van der Waals surface area contributed by atoms with Crippen LogP contribution in [0.5, 0.6) is 5.75 Å². The van der Waals surface area contributed by atoms with Gasteiger partial charge in [-0.25, -0.2) is 8.42 Å². The highest BCUT2D eigenvalue weighted by Gasteiger charge is 2.30. The fraction of sp³-hybridized carbons (Fsp3) is 0.440. The van der Waals surface area contributed by atoms with Crippen LogP contribution in [-0.2, 0) is 26.2 Å². The zero-order valence-electron chi connectivity index (χ0n) is 20.9. The summed E-state index contributed by atoms with van der Waals surface area (Å²) < 4.78 is 31.7. The first-order valence-electron chi connectivity index (χ1n) is 11.4. The second-order valence-corrected chi connectivity index (χ2v) is 10.7. The van der Waals surface area contributed by atoms with Crippen LogP contribution < -0.4 is 14.4 Å². The summed E-state index contributed by atoms with van der Waals surface area (Å²) in [5.41, 5.74) is 1.60. The molecule has 0 spiro atoms. The van der Waals surface area contributed by atoms with E-state index in [0.29, 0.717) is 28.6 Å². The third-order valence-corrected chi connectivity index (χ3v) is 7.21. The molecule has 0 bridgehead atoms. The number of halogens is 1. The highest BCUT2D eigenvalue weighted by atomic mass is 35.5. The minimum absolute atomic E-state index is 0.102. The van der Waals surface area contributed by atoms with Crippen LogP contribution in [-0.4, -0.2) is 57.6 Å². The molecule has 0 aliphatic rings. The lowest BCUT2D eigenvalue weighted by Crippen LogP contribution is -2.51. The summed E-state index contributed by atoms with van der Waals surface area (Å²) in [6, 6.07) is 11.2. The molecule has 1 atom stereocenters. The van der Waals surface area contributed by atoms with Crippen LogP contribution in [0, 0.1) is 6.92 Å². The number of carbonyl (C=O) groups excluding carboxylic acids is 2. The molecular weight excluding hydrogens is 490 g/mol. The van der Waals surface area contributed by atoms with E-state index in [9.17, 15) is 18.0 Å². The van der Waals surface area contributed by atoms with E-state index in [4.69, 9.17) is 16.3 Å². The molecular formula is C25H34ClN3O5S. The number of unbranched alkanes of at least 4 members (excludes halogenated alkanes) is 1. The van der Waals surface area contributed by atoms with Crippen LogP contribution in [0.4, 0.5) is 5.69 Å². The molecule has 0 aromatic heterocycles. The van der Waals surface area contributed by atoms with Crippen molar-refractivity contribution >= 4 is 39.1 Å². The standard InChI is InChI=1S/C25H34ClN3O5S/c1-6-7-14-27-25(31)19(3)28(16-20-10-8-11-21(15-20)34-4)24(30)17-29(35(5,32)33)23-13-9-12-22(26)18(23)2/h8-13,15,19H,6-7,14,16-17H2,1-5H3,(H,27,31)/t19-/m0/s1. The minimum Gasteiger partial charge on any atom is -0.497 e. The number of nitrogens with zero attached hydrogens (tertiary/aromatic N) is 2. The maximum Gasteiger partial charge on any atom is 0.244 e. The average Bonchev–Trinajstić information content (AvgIpc) is 2.82. The maximum absolute atomic E-state index is 13.6. The van der Waals surface area contributed by atoms with E-state index in [1.54, 1.807) is 57.4 Å². The summed E-state index contributed by atoms with van der Waals surface area (Å²) in [4.78, 5) is 27.8. The summed E-state index contributed by atoms with van der Waals surface area (Å²) in [5.74, 6) is -0.211. The summed E-state index contributed by atoms with van der Waals surface area (Å²) in [6.07, 6.45) is 2.77. The van der Waals surface area contributed by atoms with Crippen molar-refractivity contribution in [3.8, 4) is 5.75 Å². The number of hydrogen-bond donors (Lipinski definition) is 1. The van der Waals surface area contributed by atoms with Crippen LogP contribution in [0.15, 0.2) is 42.5 Å². The smallest absolute Gasteiger partial charge is 0.244 e. The van der Waals surface area contributed by atoms with E-state index >= 15 is 0 Å². The summed E-state index contributed by atoms with van der Waals surface area (Å²) in [5, 5.41) is 3.24. The number of amides is 2. The number of nitrogens with one attached hydrogen (secondary N) is 1. The van der Waals surface area contributed by atoms with Crippen LogP contribution in [0.25, 0.3) is 0 Å². The largest absolute Gasteiger partial charge is 0.497 e. The fourth-order valence-corrected chi connectivity index (χ4v) is 4.62. The Morgan fingerprint density at radius 2 is 1.86 bits per heavy atom. The van der Waals surface area contributed by atoms with Gasteiger partial charge in [-0.2, -0.15) is 0 Å². The highest BCUT2D eigenvalue weighted by Crippen LogP contribution is 2.28. The predicted molar refractivity (Wildman–Crippen MR) is 139 cm³/mol. The van der Waals surface area contributed by atoms with Gasteiger partial charge in [-0.1, -0.05) is 43.1 Å². The van der Waals surface area contributed by atoms with Crippen LogP contribution >= 0.6 is 11.6 Å². The zero-order valence-corrected chi connectivity index (χ0v) is 22.4. The Bertz CT molecular complexity index is 1140. The Morgan fingerprint density at radius 3 is 2.49 bits per heavy atom. The van der Waals surface area contributed by atoms with Crippen LogP contribution in [0.3, 0.4) is 0 Å². The number of rotatable bonds is 12. The molecule has 2 aromatic carbocycles. The number of hydrogen-bond acceptors (Lipinski definition) is 5. The van der Waals surface area contributed by atoms with Gasteiger partial charge in [-0.15, -0.1) is 0 Å². The van der Waals surface area contributed by atoms with Gasteiger partial charge in [0, 0.05) is 18.1 Å². The van der Waals surface area contributed by atoms with Gasteiger partial charge in [0.25, 0.3) is 0 Å². The molecule has 0 saturated carbocycles. The molecule has 1 N–H and O–H groups in total. The SMILES string of the molecule is CCCCNC(=O)[C@H](C)N(Cc1cccc(OC)c1)C(=O)CN(c1cccc(Cl)c1C)S(C)(=O)=O. The molecule has 8 nitrogen and oxygen atoms in total. The molecule has 0 heterocycles.